The van der Waals surface area contributed by atoms with Crippen LogP contribution in [-0.2, 0) is 5.75 Å². The largest absolute Gasteiger partial charge is 0.493 e. The highest BCUT2D eigenvalue weighted by Crippen LogP contribution is 2.29. The van der Waals surface area contributed by atoms with Gasteiger partial charge in [-0.05, 0) is 36.6 Å². The lowest BCUT2D eigenvalue weighted by Gasteiger charge is -2.09. The second kappa shape index (κ2) is 7.25. The second-order valence-electron chi connectivity index (χ2n) is 4.80. The molecule has 2 nitrogen and oxygen atoms in total. The van der Waals surface area contributed by atoms with Gasteiger partial charge in [0.1, 0.15) is 5.75 Å². The number of hydrogen-bond donors (Lipinski definition) is 1. The minimum absolute atomic E-state index is 0.728. The van der Waals surface area contributed by atoms with Crippen LogP contribution >= 0.6 is 11.8 Å². The van der Waals surface area contributed by atoms with Crippen molar-refractivity contribution in [2.75, 3.05) is 12.3 Å². The Hall–Kier alpha value is -1.61. The van der Waals surface area contributed by atoms with Crippen molar-refractivity contribution in [2.24, 2.45) is 0 Å². The van der Waals surface area contributed by atoms with Gasteiger partial charge in [0.25, 0.3) is 0 Å². The number of hydrogen-bond acceptors (Lipinski definition) is 3. The lowest BCUT2D eigenvalue weighted by Crippen LogP contribution is -1.96. The molecule has 0 atom stereocenters. The van der Waals surface area contributed by atoms with Crippen molar-refractivity contribution in [2.45, 2.75) is 30.9 Å². The highest BCUT2D eigenvalue weighted by Gasteiger charge is 2.03. The van der Waals surface area contributed by atoms with Crippen LogP contribution < -0.4 is 10.5 Å². The molecular formula is C17H21NOS. The van der Waals surface area contributed by atoms with Gasteiger partial charge < -0.3 is 10.5 Å². The van der Waals surface area contributed by atoms with Crippen molar-refractivity contribution < 1.29 is 4.74 Å². The maximum Gasteiger partial charge on any atom is 0.122 e. The molecule has 2 rings (SSSR count). The van der Waals surface area contributed by atoms with Gasteiger partial charge in [-0.15, -0.1) is 11.8 Å². The van der Waals surface area contributed by atoms with E-state index in [0.717, 1.165) is 35.1 Å². The fraction of sp³-hybridized carbons (Fsp3) is 0.294. The summed E-state index contributed by atoms with van der Waals surface area (Å²) in [5, 5.41) is 0. The standard InChI is InChI=1S/C17H21NOS/c1-3-8-19-16-9-15(18)10-17(11-16)20-12-14-7-5-4-6-13(14)2/h4-7,9-11H,3,8,12,18H2,1-2H3. The van der Waals surface area contributed by atoms with Gasteiger partial charge in [-0.3, -0.25) is 0 Å². The molecule has 2 aromatic rings. The molecule has 0 radical (unpaired) electrons. The van der Waals surface area contributed by atoms with E-state index in [1.165, 1.54) is 11.1 Å². The average Bonchev–Trinajstić information content (AvgIpc) is 2.44. The van der Waals surface area contributed by atoms with E-state index >= 15 is 0 Å². The molecule has 2 aromatic carbocycles. The smallest absolute Gasteiger partial charge is 0.122 e. The first kappa shape index (κ1) is 14.8. The predicted molar refractivity (Wildman–Crippen MR) is 87.4 cm³/mol. The fourth-order valence-electron chi connectivity index (χ4n) is 1.91. The van der Waals surface area contributed by atoms with Crippen molar-refractivity contribution in [3.8, 4) is 5.75 Å². The fourth-order valence-corrected chi connectivity index (χ4v) is 2.98. The molecule has 0 heterocycles. The monoisotopic (exact) mass is 287 g/mol. The Morgan fingerprint density at radius 3 is 2.70 bits per heavy atom. The Morgan fingerprint density at radius 2 is 1.95 bits per heavy atom. The molecule has 0 saturated carbocycles. The highest BCUT2D eigenvalue weighted by atomic mass is 32.2. The number of nitrogen functional groups attached to an aromatic ring is 1. The molecule has 0 aliphatic heterocycles. The summed E-state index contributed by atoms with van der Waals surface area (Å²) >= 11 is 1.79. The van der Waals surface area contributed by atoms with Gasteiger partial charge in [0.05, 0.1) is 6.61 Å². The maximum absolute atomic E-state index is 5.94. The normalized spacial score (nSPS) is 10.5. The van der Waals surface area contributed by atoms with Crippen LogP contribution in [0.3, 0.4) is 0 Å². The van der Waals surface area contributed by atoms with Crippen molar-refractivity contribution in [1.29, 1.82) is 0 Å². The molecule has 0 fully saturated rings. The Balaban J connectivity index is 2.05. The van der Waals surface area contributed by atoms with E-state index in [1.807, 2.05) is 12.1 Å². The minimum atomic E-state index is 0.728. The number of thioether (sulfide) groups is 1. The van der Waals surface area contributed by atoms with E-state index in [-0.39, 0.29) is 0 Å². The Kier molecular flexibility index (Phi) is 5.36. The SMILES string of the molecule is CCCOc1cc(N)cc(SCc2ccccc2C)c1. The van der Waals surface area contributed by atoms with E-state index in [9.17, 15) is 0 Å². The Bertz CT molecular complexity index is 569. The van der Waals surface area contributed by atoms with Gasteiger partial charge in [0, 0.05) is 22.4 Å². The third-order valence-corrected chi connectivity index (χ3v) is 4.06. The molecule has 0 amide bonds. The van der Waals surface area contributed by atoms with Crippen LogP contribution in [0.25, 0.3) is 0 Å². The van der Waals surface area contributed by atoms with Crippen molar-refractivity contribution >= 4 is 17.4 Å². The number of aryl methyl sites for hydroxylation is 1. The summed E-state index contributed by atoms with van der Waals surface area (Å²) < 4.78 is 5.66. The van der Waals surface area contributed by atoms with Gasteiger partial charge >= 0.3 is 0 Å². The number of nitrogens with two attached hydrogens (primary N) is 1. The molecule has 20 heavy (non-hydrogen) atoms. The van der Waals surface area contributed by atoms with Gasteiger partial charge in [-0.1, -0.05) is 31.2 Å². The number of rotatable bonds is 6. The van der Waals surface area contributed by atoms with Crippen LogP contribution in [0.1, 0.15) is 24.5 Å². The average molecular weight is 287 g/mol. The van der Waals surface area contributed by atoms with Gasteiger partial charge in [-0.2, -0.15) is 0 Å². The molecule has 0 spiro atoms. The molecule has 2 N–H and O–H groups in total. The lowest BCUT2D eigenvalue weighted by molar-refractivity contribution is 0.317. The van der Waals surface area contributed by atoms with E-state index in [2.05, 4.69) is 44.2 Å². The number of anilines is 1. The van der Waals surface area contributed by atoms with Crippen LogP contribution in [0.4, 0.5) is 5.69 Å². The lowest BCUT2D eigenvalue weighted by atomic mass is 10.1. The molecule has 0 aliphatic carbocycles. The summed E-state index contributed by atoms with van der Waals surface area (Å²) in [5.74, 6) is 1.81. The topological polar surface area (TPSA) is 35.2 Å². The molecule has 3 heteroatoms. The summed E-state index contributed by atoms with van der Waals surface area (Å²) in [4.78, 5) is 1.15. The van der Waals surface area contributed by atoms with E-state index in [0.29, 0.717) is 0 Å². The third-order valence-electron chi connectivity index (χ3n) is 3.03. The first-order valence-electron chi connectivity index (χ1n) is 6.89. The minimum Gasteiger partial charge on any atom is -0.493 e. The molecule has 0 aliphatic rings. The third kappa shape index (κ3) is 4.20. The summed E-state index contributed by atoms with van der Waals surface area (Å²) in [5.41, 5.74) is 9.37. The maximum atomic E-state index is 5.94. The van der Waals surface area contributed by atoms with Crippen LogP contribution in [-0.4, -0.2) is 6.61 Å². The van der Waals surface area contributed by atoms with Crippen LogP contribution in [0.2, 0.25) is 0 Å². The molecule has 106 valence electrons. The number of ether oxygens (including phenoxy) is 1. The van der Waals surface area contributed by atoms with Crippen molar-refractivity contribution in [3.63, 3.8) is 0 Å². The quantitative estimate of drug-likeness (QED) is 0.620. The summed E-state index contributed by atoms with van der Waals surface area (Å²) in [7, 11) is 0. The van der Waals surface area contributed by atoms with Gasteiger partial charge in [0.15, 0.2) is 0 Å². The van der Waals surface area contributed by atoms with E-state index in [4.69, 9.17) is 10.5 Å². The van der Waals surface area contributed by atoms with Crippen molar-refractivity contribution in [3.05, 3.63) is 53.6 Å². The molecule has 0 bridgehead atoms. The van der Waals surface area contributed by atoms with Gasteiger partial charge in [0.2, 0.25) is 0 Å². The Morgan fingerprint density at radius 1 is 1.15 bits per heavy atom. The summed E-state index contributed by atoms with van der Waals surface area (Å²) in [6.45, 7) is 4.97. The molecule has 0 saturated heterocycles. The predicted octanol–water partition coefficient (Wildman–Crippen LogP) is 4.66. The van der Waals surface area contributed by atoms with Crippen LogP contribution in [0.5, 0.6) is 5.75 Å². The highest BCUT2D eigenvalue weighted by molar-refractivity contribution is 7.98. The zero-order valence-corrected chi connectivity index (χ0v) is 12.9. The summed E-state index contributed by atoms with van der Waals surface area (Å²) in [6, 6.07) is 14.4. The zero-order chi connectivity index (χ0) is 14.4. The van der Waals surface area contributed by atoms with Crippen LogP contribution in [0.15, 0.2) is 47.4 Å². The van der Waals surface area contributed by atoms with Crippen molar-refractivity contribution in [1.82, 2.24) is 0 Å². The zero-order valence-electron chi connectivity index (χ0n) is 12.1. The molecular weight excluding hydrogens is 266 g/mol. The Labute approximate surface area is 125 Å². The van der Waals surface area contributed by atoms with Crippen LogP contribution in [0, 0.1) is 6.92 Å². The van der Waals surface area contributed by atoms with Gasteiger partial charge in [-0.25, -0.2) is 0 Å². The number of benzene rings is 2. The second-order valence-corrected chi connectivity index (χ2v) is 5.85. The molecule has 0 unspecified atom stereocenters. The first-order valence-corrected chi connectivity index (χ1v) is 7.88. The first-order chi connectivity index (χ1) is 9.69. The van der Waals surface area contributed by atoms with E-state index in [1.54, 1.807) is 11.8 Å². The molecule has 0 aromatic heterocycles. The van der Waals surface area contributed by atoms with E-state index < -0.39 is 0 Å². The summed E-state index contributed by atoms with van der Waals surface area (Å²) in [6.07, 6.45) is 1.00.